The van der Waals surface area contributed by atoms with Crippen molar-refractivity contribution in [2.24, 2.45) is 0 Å². The minimum Gasteiger partial charge on any atom is -0.466 e. The molecule has 10 nitrogen and oxygen atoms in total. The highest BCUT2D eigenvalue weighted by atomic mass is 16.8. The van der Waals surface area contributed by atoms with Crippen molar-refractivity contribution in [1.29, 1.82) is 0 Å². The quantitative estimate of drug-likeness (QED) is 0.280. The number of nitrogens with one attached hydrogen (secondary N) is 1. The van der Waals surface area contributed by atoms with Gasteiger partial charge < -0.3 is 15.3 Å². The van der Waals surface area contributed by atoms with Crippen LogP contribution < -0.4 is 10.2 Å². The number of anilines is 1. The number of hydrogen-bond acceptors (Lipinski definition) is 8. The van der Waals surface area contributed by atoms with Gasteiger partial charge in [-0.25, -0.2) is 4.79 Å². The van der Waals surface area contributed by atoms with Crippen LogP contribution in [0.25, 0.3) is 11.0 Å². The number of esters is 1. The van der Waals surface area contributed by atoms with Crippen molar-refractivity contribution in [2.45, 2.75) is 0 Å². The van der Waals surface area contributed by atoms with Crippen molar-refractivity contribution in [3.63, 3.8) is 0 Å². The van der Waals surface area contributed by atoms with E-state index in [2.05, 4.69) is 19.8 Å². The fourth-order valence-electron chi connectivity index (χ4n) is 1.49. The molecule has 1 heterocycles. The molecule has 10 heteroatoms. The third-order valence-electron chi connectivity index (χ3n) is 2.37. The average Bonchev–Trinajstić information content (AvgIpc) is 2.81. The number of non-ortho nitro benzene ring substituents is 1. The van der Waals surface area contributed by atoms with Gasteiger partial charge in [0.25, 0.3) is 5.52 Å². The number of fused-ring (bicyclic) bond motifs is 1. The number of carbonyl (C=O) groups is 1. The molecule has 0 spiro atoms. The second-order valence-electron chi connectivity index (χ2n) is 3.52. The molecule has 0 atom stereocenters. The summed E-state index contributed by atoms with van der Waals surface area (Å²) in [4.78, 5) is 21.0. The number of rotatable bonds is 4. The van der Waals surface area contributed by atoms with Crippen molar-refractivity contribution in [3.8, 4) is 0 Å². The molecule has 0 aliphatic carbocycles. The smallest absolute Gasteiger partial charge is 0.331 e. The first kappa shape index (κ1) is 13.3. The van der Waals surface area contributed by atoms with Crippen LogP contribution in [0.4, 0.5) is 11.4 Å². The van der Waals surface area contributed by atoms with E-state index in [0.717, 1.165) is 6.08 Å². The molecule has 0 aliphatic rings. The van der Waals surface area contributed by atoms with E-state index in [0.29, 0.717) is 0 Å². The van der Waals surface area contributed by atoms with Crippen LogP contribution in [-0.2, 0) is 9.53 Å². The van der Waals surface area contributed by atoms with Crippen molar-refractivity contribution in [1.82, 2.24) is 5.16 Å². The van der Waals surface area contributed by atoms with Crippen molar-refractivity contribution >= 4 is 28.4 Å². The SMILES string of the molecule is COC(=O)/C=C\Nc1ccc([N+](=O)[O-])c2no[n+]([O-])c12. The van der Waals surface area contributed by atoms with E-state index in [-0.39, 0.29) is 27.3 Å². The fraction of sp³-hybridized carbons (Fsp3) is 0.100. The Morgan fingerprint density at radius 1 is 1.60 bits per heavy atom. The molecule has 1 aromatic heterocycles. The van der Waals surface area contributed by atoms with Crippen LogP contribution >= 0.6 is 0 Å². The van der Waals surface area contributed by atoms with Gasteiger partial charge in [-0.3, -0.25) is 14.7 Å². The second-order valence-corrected chi connectivity index (χ2v) is 3.52. The molecule has 20 heavy (non-hydrogen) atoms. The number of methoxy groups -OCH3 is 1. The third kappa shape index (κ3) is 2.34. The van der Waals surface area contributed by atoms with Gasteiger partial charge in [0, 0.05) is 18.3 Å². The highest BCUT2D eigenvalue weighted by Gasteiger charge is 2.25. The predicted molar refractivity (Wildman–Crippen MR) is 64.4 cm³/mol. The highest BCUT2D eigenvalue weighted by Crippen LogP contribution is 2.27. The predicted octanol–water partition coefficient (Wildman–Crippen LogP) is 0.468. The molecule has 0 fully saturated rings. The maximum Gasteiger partial charge on any atom is 0.331 e. The zero-order chi connectivity index (χ0) is 14.7. The molecule has 0 bridgehead atoms. The molecule has 2 rings (SSSR count). The summed E-state index contributed by atoms with van der Waals surface area (Å²) in [6.07, 6.45) is 2.30. The van der Waals surface area contributed by atoms with Crippen molar-refractivity contribution in [2.75, 3.05) is 12.4 Å². The Morgan fingerprint density at radius 3 is 3.00 bits per heavy atom. The Bertz CT molecular complexity index is 707. The molecular weight excluding hydrogens is 272 g/mol. The van der Waals surface area contributed by atoms with E-state index in [1.165, 1.54) is 25.4 Å². The number of aromatic nitrogens is 2. The van der Waals surface area contributed by atoms with E-state index in [1.54, 1.807) is 0 Å². The Morgan fingerprint density at radius 2 is 2.35 bits per heavy atom. The molecular formula is C10H8N4O6. The minimum atomic E-state index is -0.682. The number of benzene rings is 1. The van der Waals surface area contributed by atoms with Gasteiger partial charge in [0.15, 0.2) is 0 Å². The lowest BCUT2D eigenvalue weighted by molar-refractivity contribution is -0.781. The first-order valence-corrected chi connectivity index (χ1v) is 5.22. The molecule has 104 valence electrons. The molecule has 0 radical (unpaired) electrons. The molecule has 1 aromatic carbocycles. The lowest BCUT2D eigenvalue weighted by atomic mass is 10.2. The zero-order valence-electron chi connectivity index (χ0n) is 10.1. The molecule has 0 saturated carbocycles. The molecule has 1 N–H and O–H groups in total. The largest absolute Gasteiger partial charge is 0.466 e. The first-order chi connectivity index (χ1) is 9.54. The Balaban J connectivity index is 2.42. The Labute approximate surface area is 110 Å². The van der Waals surface area contributed by atoms with E-state index in [4.69, 9.17) is 0 Å². The van der Waals surface area contributed by atoms with Crippen LogP contribution in [0.5, 0.6) is 0 Å². The molecule has 0 amide bonds. The molecule has 2 aromatic rings. The average molecular weight is 280 g/mol. The lowest BCUT2D eigenvalue weighted by Crippen LogP contribution is -2.23. The van der Waals surface area contributed by atoms with Gasteiger partial charge in [0.05, 0.1) is 22.9 Å². The minimum absolute atomic E-state index is 0.0383. The number of carbonyl (C=O) groups excluding carboxylic acids is 1. The summed E-state index contributed by atoms with van der Waals surface area (Å²) in [6, 6.07) is 2.47. The number of ether oxygens (including phenoxy) is 1. The van der Waals surface area contributed by atoms with E-state index in [1.807, 2.05) is 0 Å². The number of nitro benzene ring substituents is 1. The summed E-state index contributed by atoms with van der Waals surface area (Å²) in [7, 11) is 1.21. The summed E-state index contributed by atoms with van der Waals surface area (Å²) in [5.74, 6) is -0.601. The van der Waals surface area contributed by atoms with Crippen LogP contribution in [0.1, 0.15) is 0 Å². The van der Waals surface area contributed by atoms with Gasteiger partial charge in [-0.2, -0.15) is 0 Å². The van der Waals surface area contributed by atoms with E-state index in [9.17, 15) is 20.1 Å². The standard InChI is InChI=1S/C10H8N4O6/c1-19-8(15)4-5-11-6-2-3-7(13(16)17)9-10(6)14(18)20-12-9/h2-5,11H,1H3/b5-4-. The van der Waals surface area contributed by atoms with Gasteiger partial charge in [-0.15, -0.1) is 0 Å². The van der Waals surface area contributed by atoms with Crippen LogP contribution in [-0.4, -0.2) is 23.2 Å². The number of nitro groups is 1. The number of nitrogens with zero attached hydrogens (tertiary/aromatic N) is 3. The maximum absolute atomic E-state index is 11.4. The fourth-order valence-corrected chi connectivity index (χ4v) is 1.49. The third-order valence-corrected chi connectivity index (χ3v) is 2.37. The van der Waals surface area contributed by atoms with Crippen molar-refractivity contribution < 1.29 is 24.0 Å². The topological polar surface area (TPSA) is 134 Å². The Hall–Kier alpha value is -3.17. The summed E-state index contributed by atoms with van der Waals surface area (Å²) in [5.41, 5.74) is -0.502. The van der Waals surface area contributed by atoms with Crippen LogP contribution in [0.15, 0.2) is 29.0 Å². The monoisotopic (exact) mass is 280 g/mol. The van der Waals surface area contributed by atoms with Gasteiger partial charge in [0.1, 0.15) is 0 Å². The van der Waals surface area contributed by atoms with Gasteiger partial charge in [0.2, 0.25) is 0 Å². The van der Waals surface area contributed by atoms with E-state index < -0.39 is 10.9 Å². The van der Waals surface area contributed by atoms with E-state index >= 15 is 0 Å². The second kappa shape index (κ2) is 5.22. The summed E-state index contributed by atoms with van der Waals surface area (Å²) >= 11 is 0. The summed E-state index contributed by atoms with van der Waals surface area (Å²) in [5, 5.41) is 28.2. The van der Waals surface area contributed by atoms with Gasteiger partial charge in [-0.05, 0) is 11.0 Å². The van der Waals surface area contributed by atoms with Crippen LogP contribution in [0, 0.1) is 15.3 Å². The van der Waals surface area contributed by atoms with Crippen LogP contribution in [0.3, 0.4) is 0 Å². The van der Waals surface area contributed by atoms with Crippen LogP contribution in [0.2, 0.25) is 0 Å². The first-order valence-electron chi connectivity index (χ1n) is 5.22. The highest BCUT2D eigenvalue weighted by molar-refractivity contribution is 5.92. The molecule has 0 aliphatic heterocycles. The summed E-state index contributed by atoms with van der Waals surface area (Å²) in [6.45, 7) is 0. The Kier molecular flexibility index (Phi) is 3.46. The van der Waals surface area contributed by atoms with Gasteiger partial charge >= 0.3 is 17.2 Å². The molecule has 0 saturated heterocycles. The summed E-state index contributed by atoms with van der Waals surface area (Å²) < 4.78 is 8.73. The molecule has 0 unspecified atom stereocenters. The zero-order valence-corrected chi connectivity index (χ0v) is 10.1. The van der Waals surface area contributed by atoms with Gasteiger partial charge in [-0.1, -0.05) is 0 Å². The van der Waals surface area contributed by atoms with Crippen molar-refractivity contribution in [3.05, 3.63) is 39.7 Å². The maximum atomic E-state index is 11.4. The lowest BCUT2D eigenvalue weighted by Gasteiger charge is -2.00. The normalized spacial score (nSPS) is 10.8. The number of hydrogen-bond donors (Lipinski definition) is 1.